The third-order valence-corrected chi connectivity index (χ3v) is 4.52. The average Bonchev–Trinajstić information content (AvgIpc) is 2.71. The number of nitrogens with one attached hydrogen (secondary N) is 3. The highest BCUT2D eigenvalue weighted by Gasteiger charge is 2.29. The molecule has 0 aliphatic rings. The minimum absolute atomic E-state index is 0.0369. The minimum Gasteiger partial charge on any atom is -0.480 e. The summed E-state index contributed by atoms with van der Waals surface area (Å²) in [6.07, 6.45) is 0.568. The summed E-state index contributed by atoms with van der Waals surface area (Å²) in [6.45, 7) is 4.24. The molecule has 4 atom stereocenters. The Morgan fingerprint density at radius 1 is 0.903 bits per heavy atom. The van der Waals surface area contributed by atoms with Gasteiger partial charge in [-0.25, -0.2) is 0 Å². The third-order valence-electron chi connectivity index (χ3n) is 4.52. The molecule has 0 saturated carbocycles. The number of nitrogens with two attached hydrogens (primary N) is 1. The highest BCUT2D eigenvalue weighted by molar-refractivity contribution is 5.94. The molecule has 10 heteroatoms. The number of carboxylic acids is 1. The van der Waals surface area contributed by atoms with Crippen molar-refractivity contribution in [1.29, 1.82) is 0 Å². The summed E-state index contributed by atoms with van der Waals surface area (Å²) >= 11 is 0. The molecule has 3 amide bonds. The summed E-state index contributed by atoms with van der Waals surface area (Å²) in [5.41, 5.74) is 6.86. The van der Waals surface area contributed by atoms with Crippen molar-refractivity contribution in [3.63, 3.8) is 0 Å². The summed E-state index contributed by atoms with van der Waals surface area (Å²) in [7, 11) is 0. The Hall–Kier alpha value is -2.98. The lowest BCUT2D eigenvalue weighted by molar-refractivity contribution is -0.142. The zero-order chi connectivity index (χ0) is 23.6. The molecule has 0 saturated heterocycles. The number of aliphatic hydroxyl groups excluding tert-OH is 1. The first kappa shape index (κ1) is 26.1. The zero-order valence-electron chi connectivity index (χ0n) is 18.0. The number of rotatable bonds is 12. The van der Waals surface area contributed by atoms with E-state index < -0.39 is 54.5 Å². The Balaban J connectivity index is 2.79. The maximum Gasteiger partial charge on any atom is 0.325 e. The van der Waals surface area contributed by atoms with Crippen LogP contribution in [-0.2, 0) is 25.6 Å². The first-order valence-electron chi connectivity index (χ1n) is 10.1. The highest BCUT2D eigenvalue weighted by atomic mass is 16.4. The van der Waals surface area contributed by atoms with Crippen LogP contribution < -0.4 is 21.7 Å². The number of carbonyl (C=O) groups is 4. The fourth-order valence-corrected chi connectivity index (χ4v) is 2.78. The lowest BCUT2D eigenvalue weighted by Crippen LogP contribution is -2.58. The molecule has 0 heterocycles. The normalized spacial score (nSPS) is 14.8. The van der Waals surface area contributed by atoms with Crippen molar-refractivity contribution >= 4 is 23.7 Å². The fraction of sp³-hybridized carbons (Fsp3) is 0.524. The molecule has 10 nitrogen and oxygen atoms in total. The maximum atomic E-state index is 12.7. The van der Waals surface area contributed by atoms with Gasteiger partial charge in [-0.05, 0) is 31.2 Å². The summed E-state index contributed by atoms with van der Waals surface area (Å²) < 4.78 is 0. The van der Waals surface area contributed by atoms with E-state index in [-0.39, 0.29) is 18.8 Å². The predicted molar refractivity (Wildman–Crippen MR) is 114 cm³/mol. The Morgan fingerprint density at radius 3 is 1.97 bits per heavy atom. The molecule has 0 aliphatic heterocycles. The van der Waals surface area contributed by atoms with Crippen molar-refractivity contribution in [2.24, 2.45) is 11.7 Å². The summed E-state index contributed by atoms with van der Waals surface area (Å²) in [6, 6.07) is 4.79. The van der Waals surface area contributed by atoms with Gasteiger partial charge in [-0.2, -0.15) is 0 Å². The monoisotopic (exact) mass is 436 g/mol. The van der Waals surface area contributed by atoms with E-state index in [0.29, 0.717) is 0 Å². The van der Waals surface area contributed by atoms with E-state index in [0.717, 1.165) is 5.56 Å². The second-order valence-corrected chi connectivity index (χ2v) is 7.80. The Kier molecular flexibility index (Phi) is 10.6. The van der Waals surface area contributed by atoms with E-state index in [1.165, 1.54) is 6.92 Å². The molecule has 0 fully saturated rings. The quantitative estimate of drug-likeness (QED) is 0.248. The van der Waals surface area contributed by atoms with Crippen molar-refractivity contribution in [2.45, 2.75) is 57.8 Å². The molecule has 31 heavy (non-hydrogen) atoms. The van der Waals surface area contributed by atoms with Crippen LogP contribution in [0, 0.1) is 5.92 Å². The van der Waals surface area contributed by atoms with Crippen LogP contribution >= 0.6 is 0 Å². The van der Waals surface area contributed by atoms with E-state index >= 15 is 0 Å². The second-order valence-electron chi connectivity index (χ2n) is 7.80. The topological polar surface area (TPSA) is 171 Å². The molecule has 0 bridgehead atoms. The molecule has 4 unspecified atom stereocenters. The van der Waals surface area contributed by atoms with Gasteiger partial charge in [-0.1, -0.05) is 44.2 Å². The first-order chi connectivity index (χ1) is 14.5. The third kappa shape index (κ3) is 9.14. The van der Waals surface area contributed by atoms with Crippen LogP contribution in [0.4, 0.5) is 0 Å². The Bertz CT molecular complexity index is 755. The fourth-order valence-electron chi connectivity index (χ4n) is 2.78. The van der Waals surface area contributed by atoms with Crippen LogP contribution in [0.25, 0.3) is 0 Å². The molecule has 1 aromatic rings. The molecule has 0 aromatic heterocycles. The number of aliphatic carboxylic acids is 1. The number of benzene rings is 1. The zero-order valence-corrected chi connectivity index (χ0v) is 18.0. The number of hydrogen-bond acceptors (Lipinski definition) is 6. The van der Waals surface area contributed by atoms with Gasteiger partial charge in [0, 0.05) is 0 Å². The van der Waals surface area contributed by atoms with Gasteiger partial charge >= 0.3 is 5.97 Å². The molecule has 7 N–H and O–H groups in total. The number of carboxylic acid groups (broad SMARTS) is 1. The van der Waals surface area contributed by atoms with Crippen molar-refractivity contribution in [2.75, 3.05) is 6.61 Å². The average molecular weight is 437 g/mol. The molecule has 1 rings (SSSR count). The van der Waals surface area contributed by atoms with Crippen molar-refractivity contribution in [3.8, 4) is 0 Å². The summed E-state index contributed by atoms with van der Waals surface area (Å²) in [5.74, 6) is -3.26. The van der Waals surface area contributed by atoms with Gasteiger partial charge in [-0.15, -0.1) is 0 Å². The number of amides is 3. The standard InChI is InChI=1S/C21H32N4O6/c1-12(2)9-16(24-18(27)15(22)10-14-7-5-4-6-8-14)19(28)25-17(11-26)20(29)23-13(3)21(30)31/h4-8,12-13,15-17,26H,9-11,22H2,1-3H3,(H,23,29)(H,24,27)(H,25,28)(H,30,31). The Labute approximate surface area is 181 Å². The second kappa shape index (κ2) is 12.7. The van der Waals surface area contributed by atoms with Gasteiger partial charge < -0.3 is 31.9 Å². The van der Waals surface area contributed by atoms with E-state index in [9.17, 15) is 24.3 Å². The van der Waals surface area contributed by atoms with Crippen LogP contribution in [-0.4, -0.2) is 64.7 Å². The van der Waals surface area contributed by atoms with Crippen LogP contribution in [0.3, 0.4) is 0 Å². The minimum atomic E-state index is -1.36. The smallest absolute Gasteiger partial charge is 0.325 e. The van der Waals surface area contributed by atoms with Crippen LogP contribution in [0.5, 0.6) is 0 Å². The van der Waals surface area contributed by atoms with Crippen molar-refractivity contribution in [3.05, 3.63) is 35.9 Å². The molecular weight excluding hydrogens is 404 g/mol. The van der Waals surface area contributed by atoms with E-state index in [4.69, 9.17) is 10.8 Å². The van der Waals surface area contributed by atoms with Crippen molar-refractivity contribution in [1.82, 2.24) is 16.0 Å². The maximum absolute atomic E-state index is 12.7. The van der Waals surface area contributed by atoms with Crippen LogP contribution in [0.1, 0.15) is 32.8 Å². The lowest BCUT2D eigenvalue weighted by atomic mass is 10.0. The predicted octanol–water partition coefficient (Wildman–Crippen LogP) is -0.846. The molecule has 0 spiro atoms. The summed E-state index contributed by atoms with van der Waals surface area (Å²) in [5, 5.41) is 25.5. The van der Waals surface area contributed by atoms with Gasteiger partial charge in [0.25, 0.3) is 0 Å². The van der Waals surface area contributed by atoms with Crippen LogP contribution in [0.2, 0.25) is 0 Å². The molecule has 0 aliphatic carbocycles. The number of hydrogen-bond donors (Lipinski definition) is 6. The van der Waals surface area contributed by atoms with Crippen molar-refractivity contribution < 1.29 is 29.4 Å². The molecular formula is C21H32N4O6. The van der Waals surface area contributed by atoms with Gasteiger partial charge in [0.1, 0.15) is 18.1 Å². The molecule has 0 radical (unpaired) electrons. The number of carbonyl (C=O) groups excluding carboxylic acids is 3. The Morgan fingerprint density at radius 2 is 1.45 bits per heavy atom. The van der Waals surface area contributed by atoms with E-state index in [2.05, 4.69) is 16.0 Å². The molecule has 1 aromatic carbocycles. The first-order valence-corrected chi connectivity index (χ1v) is 10.1. The lowest BCUT2D eigenvalue weighted by Gasteiger charge is -2.25. The van der Waals surface area contributed by atoms with Crippen LogP contribution in [0.15, 0.2) is 30.3 Å². The largest absolute Gasteiger partial charge is 0.480 e. The number of aliphatic hydroxyl groups is 1. The van der Waals surface area contributed by atoms with Gasteiger partial charge in [0.2, 0.25) is 17.7 Å². The SMILES string of the molecule is CC(C)CC(NC(=O)C(N)Cc1ccccc1)C(=O)NC(CO)C(=O)NC(C)C(=O)O. The highest BCUT2D eigenvalue weighted by Crippen LogP contribution is 2.07. The van der Waals surface area contributed by atoms with Gasteiger partial charge in [0.15, 0.2) is 0 Å². The summed E-state index contributed by atoms with van der Waals surface area (Å²) in [4.78, 5) is 48.3. The van der Waals surface area contributed by atoms with E-state index in [1.807, 2.05) is 44.2 Å². The van der Waals surface area contributed by atoms with Gasteiger partial charge in [-0.3, -0.25) is 19.2 Å². The molecule has 172 valence electrons. The van der Waals surface area contributed by atoms with E-state index in [1.54, 1.807) is 0 Å². The van der Waals surface area contributed by atoms with Gasteiger partial charge in [0.05, 0.1) is 12.6 Å².